The van der Waals surface area contributed by atoms with Crippen molar-refractivity contribution < 1.29 is 27.5 Å². The molecule has 0 spiro atoms. The van der Waals surface area contributed by atoms with Gasteiger partial charge in [-0.25, -0.2) is 18.6 Å². The fraction of sp³-hybridized carbons (Fsp3) is 0.667. The molecule has 0 unspecified atom stereocenters. The van der Waals surface area contributed by atoms with Gasteiger partial charge in [-0.05, 0) is 27.7 Å². The molecule has 0 amide bonds. The number of hydrogen-bond donors (Lipinski definition) is 0. The van der Waals surface area contributed by atoms with Crippen molar-refractivity contribution in [1.82, 2.24) is 4.98 Å². The third kappa shape index (κ3) is 4.59. The van der Waals surface area contributed by atoms with E-state index in [1.54, 1.807) is 27.7 Å². The SMILES string of the molecule is CCOC(=O)c1oc(COC(C)(C)C)nc1C(F)F. The summed E-state index contributed by atoms with van der Waals surface area (Å²) in [5.74, 6) is -1.59. The smallest absolute Gasteiger partial charge is 0.376 e. The average Bonchev–Trinajstić information content (AvgIpc) is 2.70. The van der Waals surface area contributed by atoms with E-state index in [-0.39, 0.29) is 19.1 Å². The molecule has 1 aromatic heterocycles. The van der Waals surface area contributed by atoms with Crippen LogP contribution >= 0.6 is 0 Å². The minimum atomic E-state index is -2.91. The summed E-state index contributed by atoms with van der Waals surface area (Å²) in [5, 5.41) is 0. The maximum absolute atomic E-state index is 12.7. The van der Waals surface area contributed by atoms with Gasteiger partial charge >= 0.3 is 5.97 Å². The highest BCUT2D eigenvalue weighted by atomic mass is 19.3. The van der Waals surface area contributed by atoms with Gasteiger partial charge in [-0.3, -0.25) is 0 Å². The number of alkyl halides is 2. The Bertz CT molecular complexity index is 437. The molecule has 0 N–H and O–H groups in total. The summed E-state index contributed by atoms with van der Waals surface area (Å²) in [6.07, 6.45) is -2.91. The van der Waals surface area contributed by atoms with E-state index < -0.39 is 29.4 Å². The van der Waals surface area contributed by atoms with Crippen LogP contribution in [0.15, 0.2) is 4.42 Å². The third-order valence-electron chi connectivity index (χ3n) is 1.99. The molecule has 0 radical (unpaired) electrons. The first-order valence-corrected chi connectivity index (χ1v) is 5.83. The second kappa shape index (κ2) is 6.10. The van der Waals surface area contributed by atoms with E-state index >= 15 is 0 Å². The molecular weight excluding hydrogens is 260 g/mol. The van der Waals surface area contributed by atoms with E-state index in [0.717, 1.165) is 0 Å². The Morgan fingerprint density at radius 2 is 2.05 bits per heavy atom. The van der Waals surface area contributed by atoms with Gasteiger partial charge in [-0.2, -0.15) is 0 Å². The van der Waals surface area contributed by atoms with Crippen LogP contribution in [0.1, 0.15) is 56.3 Å². The quantitative estimate of drug-likeness (QED) is 0.774. The minimum absolute atomic E-state index is 0.0655. The zero-order valence-electron chi connectivity index (χ0n) is 11.3. The second-order valence-corrected chi connectivity index (χ2v) is 4.74. The summed E-state index contributed by atoms with van der Waals surface area (Å²) >= 11 is 0. The first kappa shape index (κ1) is 15.6. The predicted octanol–water partition coefficient (Wildman–Crippen LogP) is 3.10. The molecule has 0 aliphatic heterocycles. The van der Waals surface area contributed by atoms with Gasteiger partial charge in [0.25, 0.3) is 6.43 Å². The van der Waals surface area contributed by atoms with E-state index in [4.69, 9.17) is 9.15 Å². The zero-order chi connectivity index (χ0) is 14.6. The standard InChI is InChI=1S/C12H17F2NO4/c1-5-17-11(16)9-8(10(13)14)15-7(19-9)6-18-12(2,3)4/h10H,5-6H2,1-4H3. The summed E-state index contributed by atoms with van der Waals surface area (Å²) in [5.41, 5.74) is -1.19. The molecule has 0 bridgehead atoms. The zero-order valence-corrected chi connectivity index (χ0v) is 11.3. The van der Waals surface area contributed by atoms with Gasteiger partial charge in [-0.15, -0.1) is 0 Å². The Balaban J connectivity index is 2.91. The predicted molar refractivity (Wildman–Crippen MR) is 62.0 cm³/mol. The molecule has 7 heteroatoms. The maximum Gasteiger partial charge on any atom is 0.376 e. The van der Waals surface area contributed by atoms with Gasteiger partial charge < -0.3 is 13.9 Å². The largest absolute Gasteiger partial charge is 0.460 e. The molecule has 1 heterocycles. The molecule has 19 heavy (non-hydrogen) atoms. The topological polar surface area (TPSA) is 61.6 Å². The minimum Gasteiger partial charge on any atom is -0.460 e. The molecule has 0 saturated carbocycles. The first-order chi connectivity index (χ1) is 8.74. The summed E-state index contributed by atoms with van der Waals surface area (Å²) in [7, 11) is 0. The Morgan fingerprint density at radius 3 is 2.53 bits per heavy atom. The number of nitrogens with zero attached hydrogens (tertiary/aromatic N) is 1. The van der Waals surface area contributed by atoms with Crippen LogP contribution < -0.4 is 0 Å². The summed E-state index contributed by atoms with van der Waals surface area (Å²) in [6.45, 7) is 6.95. The van der Waals surface area contributed by atoms with Gasteiger partial charge in [0.1, 0.15) is 6.61 Å². The van der Waals surface area contributed by atoms with Crippen LogP contribution in [0.5, 0.6) is 0 Å². The highest BCUT2D eigenvalue weighted by Crippen LogP contribution is 2.25. The van der Waals surface area contributed by atoms with Crippen molar-refractivity contribution in [1.29, 1.82) is 0 Å². The Hall–Kier alpha value is -1.50. The number of oxazole rings is 1. The number of rotatable bonds is 5. The lowest BCUT2D eigenvalue weighted by atomic mass is 10.2. The summed E-state index contributed by atoms with van der Waals surface area (Å²) in [4.78, 5) is 15.0. The highest BCUT2D eigenvalue weighted by Gasteiger charge is 2.28. The lowest BCUT2D eigenvalue weighted by Crippen LogP contribution is -2.18. The Kier molecular flexibility index (Phi) is 4.99. The van der Waals surface area contributed by atoms with Crippen molar-refractivity contribution in [2.45, 2.75) is 46.3 Å². The van der Waals surface area contributed by atoms with E-state index in [2.05, 4.69) is 9.72 Å². The molecule has 0 aliphatic rings. The van der Waals surface area contributed by atoms with Crippen molar-refractivity contribution in [3.8, 4) is 0 Å². The maximum atomic E-state index is 12.7. The molecule has 0 fully saturated rings. The molecule has 0 aliphatic carbocycles. The van der Waals surface area contributed by atoms with E-state index in [9.17, 15) is 13.6 Å². The lowest BCUT2D eigenvalue weighted by Gasteiger charge is -2.17. The molecule has 1 aromatic rings. The average molecular weight is 277 g/mol. The van der Waals surface area contributed by atoms with Gasteiger partial charge in [0.15, 0.2) is 5.69 Å². The normalized spacial score (nSPS) is 11.9. The van der Waals surface area contributed by atoms with Crippen LogP contribution in [0.2, 0.25) is 0 Å². The summed E-state index contributed by atoms with van der Waals surface area (Å²) < 4.78 is 40.5. The molecule has 0 saturated heterocycles. The fourth-order valence-corrected chi connectivity index (χ4v) is 1.21. The second-order valence-electron chi connectivity index (χ2n) is 4.74. The van der Waals surface area contributed by atoms with E-state index in [1.165, 1.54) is 0 Å². The number of carbonyl (C=O) groups excluding carboxylic acids is 1. The number of carbonyl (C=O) groups is 1. The van der Waals surface area contributed by atoms with Gasteiger partial charge in [0.05, 0.1) is 12.2 Å². The van der Waals surface area contributed by atoms with Crippen LogP contribution in [0.25, 0.3) is 0 Å². The molecule has 1 rings (SSSR count). The third-order valence-corrected chi connectivity index (χ3v) is 1.99. The fourth-order valence-electron chi connectivity index (χ4n) is 1.21. The van der Waals surface area contributed by atoms with Crippen LogP contribution in [0.3, 0.4) is 0 Å². The van der Waals surface area contributed by atoms with E-state index in [1.807, 2.05) is 0 Å². The molecule has 0 aromatic carbocycles. The molecule has 5 nitrogen and oxygen atoms in total. The van der Waals surface area contributed by atoms with Crippen molar-refractivity contribution in [3.05, 3.63) is 17.3 Å². The molecule has 0 atom stereocenters. The van der Waals surface area contributed by atoms with E-state index in [0.29, 0.717) is 0 Å². The Labute approximate surface area is 109 Å². The number of ether oxygens (including phenoxy) is 2. The lowest BCUT2D eigenvalue weighted by molar-refractivity contribution is -0.0248. The van der Waals surface area contributed by atoms with Gasteiger partial charge in [0, 0.05) is 0 Å². The van der Waals surface area contributed by atoms with Crippen molar-refractivity contribution >= 4 is 5.97 Å². The monoisotopic (exact) mass is 277 g/mol. The van der Waals surface area contributed by atoms with Crippen molar-refractivity contribution in [3.63, 3.8) is 0 Å². The first-order valence-electron chi connectivity index (χ1n) is 5.83. The number of hydrogen-bond acceptors (Lipinski definition) is 5. The van der Waals surface area contributed by atoms with Crippen LogP contribution in [0.4, 0.5) is 8.78 Å². The highest BCUT2D eigenvalue weighted by molar-refractivity contribution is 5.87. The summed E-state index contributed by atoms with van der Waals surface area (Å²) in [6, 6.07) is 0. The number of halogens is 2. The number of esters is 1. The van der Waals surface area contributed by atoms with Crippen LogP contribution in [0, 0.1) is 0 Å². The van der Waals surface area contributed by atoms with Crippen molar-refractivity contribution in [2.75, 3.05) is 6.61 Å². The van der Waals surface area contributed by atoms with Crippen molar-refractivity contribution in [2.24, 2.45) is 0 Å². The van der Waals surface area contributed by atoms with Gasteiger partial charge in [-0.1, -0.05) is 0 Å². The van der Waals surface area contributed by atoms with Gasteiger partial charge in [0.2, 0.25) is 11.7 Å². The Morgan fingerprint density at radius 1 is 1.42 bits per heavy atom. The molecule has 108 valence electrons. The van der Waals surface area contributed by atoms with Crippen LogP contribution in [-0.2, 0) is 16.1 Å². The van der Waals surface area contributed by atoms with Crippen LogP contribution in [-0.4, -0.2) is 23.2 Å². The molecular formula is C12H17F2NO4. The number of aromatic nitrogens is 1.